The Kier molecular flexibility index (Phi) is 5.47. The standard InChI is InChI=1S/C11H24N4/c1-9(2)7-8-13-11(15-12)14-10-5-3-4-6-10/h9-10H,3-8,12H2,1-2H3,(H2,13,14,15). The van der Waals surface area contributed by atoms with Crippen LogP contribution >= 0.6 is 0 Å². The van der Waals surface area contributed by atoms with Crippen molar-refractivity contribution in [1.82, 2.24) is 10.7 Å². The summed E-state index contributed by atoms with van der Waals surface area (Å²) in [5, 5.41) is 3.35. The zero-order valence-electron chi connectivity index (χ0n) is 9.92. The van der Waals surface area contributed by atoms with E-state index in [-0.39, 0.29) is 0 Å². The van der Waals surface area contributed by atoms with Gasteiger partial charge in [0.1, 0.15) is 0 Å². The molecule has 0 aliphatic heterocycles. The first kappa shape index (κ1) is 12.3. The molecule has 88 valence electrons. The van der Waals surface area contributed by atoms with Gasteiger partial charge in [0.15, 0.2) is 0 Å². The van der Waals surface area contributed by atoms with Gasteiger partial charge in [-0.05, 0) is 25.2 Å². The van der Waals surface area contributed by atoms with Crippen molar-refractivity contribution in [2.75, 3.05) is 6.54 Å². The molecule has 4 heteroatoms. The molecule has 0 saturated heterocycles. The van der Waals surface area contributed by atoms with Crippen molar-refractivity contribution in [3.05, 3.63) is 0 Å². The summed E-state index contributed by atoms with van der Waals surface area (Å²) in [5.41, 5.74) is 2.64. The zero-order valence-corrected chi connectivity index (χ0v) is 9.92. The largest absolute Gasteiger partial charge is 0.353 e. The summed E-state index contributed by atoms with van der Waals surface area (Å²) in [6.07, 6.45) is 6.23. The summed E-state index contributed by atoms with van der Waals surface area (Å²) < 4.78 is 0. The van der Waals surface area contributed by atoms with Crippen LogP contribution in [0.5, 0.6) is 0 Å². The third-order valence-corrected chi connectivity index (χ3v) is 2.81. The normalized spacial score (nSPS) is 18.5. The molecule has 1 aliphatic carbocycles. The van der Waals surface area contributed by atoms with Gasteiger partial charge in [0.05, 0.1) is 0 Å². The van der Waals surface area contributed by atoms with Crippen LogP contribution in [-0.2, 0) is 0 Å². The lowest BCUT2D eigenvalue weighted by Crippen LogP contribution is -2.45. The van der Waals surface area contributed by atoms with E-state index in [0.717, 1.165) is 18.9 Å². The number of rotatable bonds is 4. The van der Waals surface area contributed by atoms with Gasteiger partial charge in [0, 0.05) is 12.6 Å². The number of guanidine groups is 1. The fourth-order valence-corrected chi connectivity index (χ4v) is 1.83. The van der Waals surface area contributed by atoms with Crippen molar-refractivity contribution in [3.8, 4) is 0 Å². The SMILES string of the molecule is CC(C)CCN=C(NN)NC1CCCC1. The molecular formula is C11H24N4. The molecule has 0 aromatic carbocycles. The van der Waals surface area contributed by atoms with Gasteiger partial charge in [0.2, 0.25) is 5.96 Å². The topological polar surface area (TPSA) is 62.4 Å². The first-order valence-electron chi connectivity index (χ1n) is 6.00. The van der Waals surface area contributed by atoms with Crippen molar-refractivity contribution >= 4 is 5.96 Å². The second-order valence-electron chi connectivity index (χ2n) is 4.68. The Bertz CT molecular complexity index is 195. The summed E-state index contributed by atoms with van der Waals surface area (Å²) in [7, 11) is 0. The van der Waals surface area contributed by atoms with Crippen molar-refractivity contribution in [1.29, 1.82) is 0 Å². The zero-order chi connectivity index (χ0) is 11.1. The average Bonchev–Trinajstić information content (AvgIpc) is 2.68. The minimum atomic E-state index is 0.568. The molecule has 0 radical (unpaired) electrons. The highest BCUT2D eigenvalue weighted by molar-refractivity contribution is 5.79. The molecule has 4 nitrogen and oxygen atoms in total. The highest BCUT2D eigenvalue weighted by Crippen LogP contribution is 2.17. The Hall–Kier alpha value is -0.770. The maximum Gasteiger partial charge on any atom is 0.205 e. The van der Waals surface area contributed by atoms with Crippen LogP contribution in [0.15, 0.2) is 4.99 Å². The molecule has 0 bridgehead atoms. The van der Waals surface area contributed by atoms with Gasteiger partial charge in [-0.1, -0.05) is 26.7 Å². The van der Waals surface area contributed by atoms with Crippen LogP contribution in [-0.4, -0.2) is 18.5 Å². The van der Waals surface area contributed by atoms with E-state index in [0.29, 0.717) is 12.0 Å². The van der Waals surface area contributed by atoms with Gasteiger partial charge < -0.3 is 5.32 Å². The predicted molar refractivity (Wildman–Crippen MR) is 64.5 cm³/mol. The molecule has 1 rings (SSSR count). The quantitative estimate of drug-likeness (QED) is 0.285. The van der Waals surface area contributed by atoms with Gasteiger partial charge in [-0.3, -0.25) is 10.4 Å². The smallest absolute Gasteiger partial charge is 0.205 e. The van der Waals surface area contributed by atoms with E-state index in [1.54, 1.807) is 0 Å². The third-order valence-electron chi connectivity index (χ3n) is 2.81. The van der Waals surface area contributed by atoms with Gasteiger partial charge in [-0.2, -0.15) is 0 Å². The highest BCUT2D eigenvalue weighted by atomic mass is 15.3. The van der Waals surface area contributed by atoms with Crippen molar-refractivity contribution in [3.63, 3.8) is 0 Å². The van der Waals surface area contributed by atoms with Crippen molar-refractivity contribution < 1.29 is 0 Å². The van der Waals surface area contributed by atoms with Crippen molar-refractivity contribution in [2.45, 2.75) is 52.0 Å². The molecule has 0 aromatic rings. The van der Waals surface area contributed by atoms with Crippen LogP contribution in [0.1, 0.15) is 46.0 Å². The molecule has 1 saturated carbocycles. The maximum atomic E-state index is 5.42. The van der Waals surface area contributed by atoms with Crippen LogP contribution in [0.4, 0.5) is 0 Å². The van der Waals surface area contributed by atoms with E-state index >= 15 is 0 Å². The summed E-state index contributed by atoms with van der Waals surface area (Å²) in [5.74, 6) is 6.87. The highest BCUT2D eigenvalue weighted by Gasteiger charge is 2.15. The molecular weight excluding hydrogens is 188 g/mol. The predicted octanol–water partition coefficient (Wildman–Crippen LogP) is 1.38. The Morgan fingerprint density at radius 3 is 2.60 bits per heavy atom. The van der Waals surface area contributed by atoms with E-state index in [9.17, 15) is 0 Å². The van der Waals surface area contributed by atoms with E-state index < -0.39 is 0 Å². The van der Waals surface area contributed by atoms with Crippen LogP contribution in [0, 0.1) is 5.92 Å². The number of nitrogens with zero attached hydrogens (tertiary/aromatic N) is 1. The number of aliphatic imine (C=N–C) groups is 1. The molecule has 1 aliphatic rings. The lowest BCUT2D eigenvalue weighted by Gasteiger charge is -2.15. The molecule has 0 unspecified atom stereocenters. The van der Waals surface area contributed by atoms with E-state index in [1.165, 1.54) is 25.7 Å². The molecule has 4 N–H and O–H groups in total. The monoisotopic (exact) mass is 212 g/mol. The third kappa shape index (κ3) is 5.02. The summed E-state index contributed by atoms with van der Waals surface area (Å²) in [6, 6.07) is 0.568. The first-order valence-corrected chi connectivity index (χ1v) is 6.00. The van der Waals surface area contributed by atoms with Gasteiger partial charge in [-0.15, -0.1) is 0 Å². The minimum absolute atomic E-state index is 0.568. The molecule has 0 atom stereocenters. The lowest BCUT2D eigenvalue weighted by atomic mass is 10.1. The van der Waals surface area contributed by atoms with Gasteiger partial charge >= 0.3 is 0 Å². The molecule has 0 amide bonds. The van der Waals surface area contributed by atoms with Gasteiger partial charge in [0.25, 0.3) is 0 Å². The minimum Gasteiger partial charge on any atom is -0.353 e. The molecule has 1 fully saturated rings. The molecule has 0 spiro atoms. The number of hydrogen-bond donors (Lipinski definition) is 3. The Morgan fingerprint density at radius 1 is 1.40 bits per heavy atom. The second-order valence-corrected chi connectivity index (χ2v) is 4.68. The first-order chi connectivity index (χ1) is 7.22. The van der Waals surface area contributed by atoms with Crippen LogP contribution < -0.4 is 16.6 Å². The summed E-state index contributed by atoms with van der Waals surface area (Å²) in [6.45, 7) is 5.25. The van der Waals surface area contributed by atoms with Crippen LogP contribution in [0.2, 0.25) is 0 Å². The number of nitrogens with two attached hydrogens (primary N) is 1. The maximum absolute atomic E-state index is 5.42. The summed E-state index contributed by atoms with van der Waals surface area (Å²) >= 11 is 0. The number of nitrogens with one attached hydrogen (secondary N) is 2. The Morgan fingerprint density at radius 2 is 2.07 bits per heavy atom. The van der Waals surface area contributed by atoms with Crippen LogP contribution in [0.25, 0.3) is 0 Å². The van der Waals surface area contributed by atoms with E-state index in [2.05, 4.69) is 29.6 Å². The Balaban J connectivity index is 2.26. The fourth-order valence-electron chi connectivity index (χ4n) is 1.83. The molecule has 15 heavy (non-hydrogen) atoms. The molecule has 0 aromatic heterocycles. The lowest BCUT2D eigenvalue weighted by molar-refractivity contribution is 0.585. The van der Waals surface area contributed by atoms with E-state index in [4.69, 9.17) is 5.84 Å². The summed E-state index contributed by atoms with van der Waals surface area (Å²) in [4.78, 5) is 4.42. The van der Waals surface area contributed by atoms with E-state index in [1.807, 2.05) is 0 Å². The number of hydrazine groups is 1. The van der Waals surface area contributed by atoms with Gasteiger partial charge in [-0.25, -0.2) is 5.84 Å². The fraction of sp³-hybridized carbons (Fsp3) is 0.909. The van der Waals surface area contributed by atoms with Crippen LogP contribution in [0.3, 0.4) is 0 Å². The Labute approximate surface area is 92.7 Å². The average molecular weight is 212 g/mol. The van der Waals surface area contributed by atoms with Crippen molar-refractivity contribution in [2.24, 2.45) is 16.8 Å². The molecule has 0 heterocycles. The number of hydrogen-bond acceptors (Lipinski definition) is 2. The second kappa shape index (κ2) is 6.67.